The Labute approximate surface area is 215 Å². The van der Waals surface area contributed by atoms with Gasteiger partial charge in [-0.05, 0) is 52.6 Å². The molecule has 2 aromatic carbocycles. The van der Waals surface area contributed by atoms with Crippen LogP contribution in [0.4, 0.5) is 4.39 Å². The van der Waals surface area contributed by atoms with E-state index in [1.54, 1.807) is 29.2 Å². The number of ketones is 1. The van der Waals surface area contributed by atoms with Gasteiger partial charge in [0.1, 0.15) is 18.2 Å². The summed E-state index contributed by atoms with van der Waals surface area (Å²) in [6.07, 6.45) is 7.35. The number of aromatic nitrogens is 3. The molecule has 0 radical (unpaired) electrons. The lowest BCUT2D eigenvalue weighted by Crippen LogP contribution is -2.35. The van der Waals surface area contributed by atoms with Crippen LogP contribution in [0.5, 0.6) is 5.75 Å². The first-order valence-electron chi connectivity index (χ1n) is 12.3. The second-order valence-electron chi connectivity index (χ2n) is 9.17. The van der Waals surface area contributed by atoms with Crippen LogP contribution >= 0.6 is 0 Å². The van der Waals surface area contributed by atoms with E-state index in [0.717, 1.165) is 40.9 Å². The molecule has 1 saturated heterocycles. The minimum absolute atomic E-state index is 0.0647. The van der Waals surface area contributed by atoms with Crippen molar-refractivity contribution in [2.45, 2.75) is 19.6 Å². The summed E-state index contributed by atoms with van der Waals surface area (Å²) in [6.45, 7) is 3.96. The highest BCUT2D eigenvalue weighted by Crippen LogP contribution is 2.33. The Morgan fingerprint density at radius 1 is 1.08 bits per heavy atom. The number of pyridine rings is 1. The van der Waals surface area contributed by atoms with E-state index in [1.807, 2.05) is 43.7 Å². The molecular weight excluding hydrogens is 471 g/mol. The molecule has 190 valence electrons. The molecule has 3 heterocycles. The molecule has 1 aliphatic heterocycles. The molecule has 8 heteroatoms. The number of morpholine rings is 1. The molecule has 2 aromatic heterocycles. The van der Waals surface area contributed by atoms with Gasteiger partial charge in [0.2, 0.25) is 0 Å². The predicted molar refractivity (Wildman–Crippen MR) is 138 cm³/mol. The number of aryl methyl sites for hydroxylation is 1. The van der Waals surface area contributed by atoms with Crippen molar-refractivity contribution in [2.24, 2.45) is 7.05 Å². The van der Waals surface area contributed by atoms with Crippen LogP contribution in [-0.2, 0) is 31.4 Å². The van der Waals surface area contributed by atoms with Gasteiger partial charge < -0.3 is 9.47 Å². The third-order valence-electron chi connectivity index (χ3n) is 6.41. The van der Waals surface area contributed by atoms with Crippen LogP contribution in [0.1, 0.15) is 27.0 Å². The Kier molecular flexibility index (Phi) is 7.67. The van der Waals surface area contributed by atoms with Gasteiger partial charge in [0.15, 0.2) is 5.78 Å². The van der Waals surface area contributed by atoms with Crippen molar-refractivity contribution in [3.63, 3.8) is 0 Å². The Morgan fingerprint density at radius 2 is 1.89 bits per heavy atom. The molecule has 7 nitrogen and oxygen atoms in total. The van der Waals surface area contributed by atoms with Crippen molar-refractivity contribution in [2.75, 3.05) is 26.3 Å². The van der Waals surface area contributed by atoms with Crippen molar-refractivity contribution in [1.29, 1.82) is 0 Å². The summed E-state index contributed by atoms with van der Waals surface area (Å²) in [5.41, 5.74) is 5.07. The van der Waals surface area contributed by atoms with Crippen molar-refractivity contribution >= 4 is 5.78 Å². The quantitative estimate of drug-likeness (QED) is 0.316. The lowest BCUT2D eigenvalue weighted by molar-refractivity contribution is 0.0342. The molecule has 0 atom stereocenters. The molecule has 0 saturated carbocycles. The molecule has 0 aliphatic carbocycles. The highest BCUT2D eigenvalue weighted by atomic mass is 19.1. The zero-order chi connectivity index (χ0) is 25.6. The topological polar surface area (TPSA) is 69.5 Å². The Bertz CT molecular complexity index is 1350. The summed E-state index contributed by atoms with van der Waals surface area (Å²) in [5, 5.41) is 4.36. The van der Waals surface area contributed by atoms with Crippen LogP contribution in [-0.4, -0.2) is 51.8 Å². The van der Waals surface area contributed by atoms with Crippen molar-refractivity contribution in [1.82, 2.24) is 19.7 Å². The lowest BCUT2D eigenvalue weighted by Gasteiger charge is -2.28. The largest absolute Gasteiger partial charge is 0.488 e. The molecule has 5 rings (SSSR count). The van der Waals surface area contributed by atoms with E-state index < -0.39 is 0 Å². The number of benzene rings is 2. The van der Waals surface area contributed by atoms with Crippen LogP contribution in [0.3, 0.4) is 0 Å². The third kappa shape index (κ3) is 6.28. The minimum Gasteiger partial charge on any atom is -0.488 e. The number of carbonyl (C=O) groups is 1. The fourth-order valence-corrected chi connectivity index (χ4v) is 4.44. The predicted octanol–water partition coefficient (Wildman–Crippen LogP) is 4.46. The second kappa shape index (κ2) is 11.5. The average molecular weight is 501 g/mol. The second-order valence-corrected chi connectivity index (χ2v) is 9.17. The van der Waals surface area contributed by atoms with E-state index in [9.17, 15) is 9.18 Å². The van der Waals surface area contributed by atoms with Crippen molar-refractivity contribution in [3.8, 4) is 16.9 Å². The molecular formula is C29H29FN4O3. The summed E-state index contributed by atoms with van der Waals surface area (Å²) in [4.78, 5) is 20.1. The Balaban J connectivity index is 1.53. The maximum atomic E-state index is 13.6. The summed E-state index contributed by atoms with van der Waals surface area (Å²) >= 11 is 0. The monoisotopic (exact) mass is 500 g/mol. The van der Waals surface area contributed by atoms with E-state index in [2.05, 4.69) is 15.0 Å². The van der Waals surface area contributed by atoms with E-state index in [0.29, 0.717) is 31.1 Å². The highest BCUT2D eigenvalue weighted by Gasteiger charge is 2.21. The standard InChI is InChI=1S/C29H29FN4O3/c1-33-18-24(17-32-33)26-15-27(28(35)13-22-3-2-8-31-16-22)29(37-20-21-4-6-25(30)7-5-21)14-23(26)19-34-9-11-36-12-10-34/h2-8,14-18H,9-13,19-20H2,1H3. The third-order valence-corrected chi connectivity index (χ3v) is 6.41. The zero-order valence-electron chi connectivity index (χ0n) is 20.8. The number of ether oxygens (including phenoxy) is 2. The van der Waals surface area contributed by atoms with Crippen LogP contribution in [0.25, 0.3) is 11.1 Å². The van der Waals surface area contributed by atoms with Crippen molar-refractivity contribution < 1.29 is 18.7 Å². The molecule has 1 fully saturated rings. The summed E-state index contributed by atoms with van der Waals surface area (Å²) in [5.74, 6) is 0.143. The molecule has 0 bridgehead atoms. The van der Waals surface area contributed by atoms with E-state index in [4.69, 9.17) is 9.47 Å². The number of rotatable bonds is 9. The van der Waals surface area contributed by atoms with Gasteiger partial charge in [-0.1, -0.05) is 18.2 Å². The summed E-state index contributed by atoms with van der Waals surface area (Å²) < 4.78 is 26.9. The fourth-order valence-electron chi connectivity index (χ4n) is 4.44. The number of hydrogen-bond acceptors (Lipinski definition) is 6. The normalized spacial score (nSPS) is 14.0. The molecule has 0 amide bonds. The molecule has 0 spiro atoms. The minimum atomic E-state index is -0.301. The first-order chi connectivity index (χ1) is 18.0. The Hall–Kier alpha value is -3.88. The number of hydrogen-bond donors (Lipinski definition) is 0. The van der Waals surface area contributed by atoms with E-state index >= 15 is 0 Å². The van der Waals surface area contributed by atoms with Gasteiger partial charge >= 0.3 is 0 Å². The van der Waals surface area contributed by atoms with E-state index in [1.165, 1.54) is 12.1 Å². The number of nitrogens with zero attached hydrogens (tertiary/aromatic N) is 4. The zero-order valence-corrected chi connectivity index (χ0v) is 20.8. The van der Waals surface area contributed by atoms with Crippen molar-refractivity contribution in [3.05, 3.63) is 101 Å². The van der Waals surface area contributed by atoms with E-state index in [-0.39, 0.29) is 24.6 Å². The lowest BCUT2D eigenvalue weighted by atomic mass is 9.94. The van der Waals surface area contributed by atoms with Gasteiger partial charge in [0, 0.05) is 57.3 Å². The van der Waals surface area contributed by atoms with Crippen LogP contribution < -0.4 is 4.74 Å². The van der Waals surface area contributed by atoms with Crippen LogP contribution in [0, 0.1) is 5.82 Å². The van der Waals surface area contributed by atoms with Gasteiger partial charge in [-0.15, -0.1) is 0 Å². The number of halogens is 1. The van der Waals surface area contributed by atoms with Gasteiger partial charge in [0.05, 0.1) is 25.0 Å². The Morgan fingerprint density at radius 3 is 2.59 bits per heavy atom. The SMILES string of the molecule is Cn1cc(-c2cc(C(=O)Cc3cccnc3)c(OCc3ccc(F)cc3)cc2CN2CCOCC2)cn1. The molecule has 1 aliphatic rings. The molecule has 0 unspecified atom stereocenters. The maximum Gasteiger partial charge on any atom is 0.171 e. The molecule has 0 N–H and O–H groups in total. The van der Waals surface area contributed by atoms with Gasteiger partial charge in [0.25, 0.3) is 0 Å². The highest BCUT2D eigenvalue weighted by molar-refractivity contribution is 6.01. The summed E-state index contributed by atoms with van der Waals surface area (Å²) in [7, 11) is 1.87. The van der Waals surface area contributed by atoms with Gasteiger partial charge in [-0.3, -0.25) is 19.4 Å². The average Bonchev–Trinajstić information content (AvgIpc) is 3.35. The van der Waals surface area contributed by atoms with Gasteiger partial charge in [-0.25, -0.2) is 4.39 Å². The molecule has 37 heavy (non-hydrogen) atoms. The van der Waals surface area contributed by atoms with Gasteiger partial charge in [-0.2, -0.15) is 5.10 Å². The van der Waals surface area contributed by atoms with Crippen LogP contribution in [0.2, 0.25) is 0 Å². The summed E-state index contributed by atoms with van der Waals surface area (Å²) in [6, 6.07) is 13.8. The first-order valence-corrected chi connectivity index (χ1v) is 12.3. The number of carbonyl (C=O) groups excluding carboxylic acids is 1. The maximum absolute atomic E-state index is 13.6. The smallest absolute Gasteiger partial charge is 0.171 e. The number of Topliss-reactive ketones (excluding diaryl/α,β-unsaturated/α-hetero) is 1. The first kappa shape index (κ1) is 24.8. The fraction of sp³-hybridized carbons (Fsp3) is 0.276. The van der Waals surface area contributed by atoms with Crippen LogP contribution in [0.15, 0.2) is 73.3 Å². The molecule has 4 aromatic rings.